The van der Waals surface area contributed by atoms with E-state index in [2.05, 4.69) is 32.6 Å². The van der Waals surface area contributed by atoms with E-state index >= 15 is 0 Å². The third-order valence-electron chi connectivity index (χ3n) is 1.79. The van der Waals surface area contributed by atoms with Crippen molar-refractivity contribution in [3.05, 3.63) is 24.8 Å². The van der Waals surface area contributed by atoms with Gasteiger partial charge in [0.25, 0.3) is 0 Å². The van der Waals surface area contributed by atoms with Gasteiger partial charge in [-0.05, 0) is 18.8 Å². The van der Waals surface area contributed by atoms with Crippen molar-refractivity contribution in [1.82, 2.24) is 0 Å². The van der Waals surface area contributed by atoms with Crippen molar-refractivity contribution in [3.8, 4) is 0 Å². The molecule has 0 aromatic carbocycles. The predicted molar refractivity (Wildman–Crippen MR) is 52.6 cm³/mol. The molecule has 0 nitrogen and oxygen atoms in total. The van der Waals surface area contributed by atoms with E-state index in [0.29, 0.717) is 5.92 Å². The van der Waals surface area contributed by atoms with Crippen LogP contribution in [0.4, 0.5) is 0 Å². The second-order valence-electron chi connectivity index (χ2n) is 3.02. The molecule has 0 aliphatic heterocycles. The monoisotopic (exact) mass is 152 g/mol. The van der Waals surface area contributed by atoms with Crippen molar-refractivity contribution >= 4 is 0 Å². The Balaban J connectivity index is 3.22. The zero-order valence-corrected chi connectivity index (χ0v) is 7.84. The summed E-state index contributed by atoms with van der Waals surface area (Å²) in [4.78, 5) is 0. The van der Waals surface area contributed by atoms with Gasteiger partial charge in [-0.1, -0.05) is 44.9 Å². The van der Waals surface area contributed by atoms with Crippen molar-refractivity contribution in [2.45, 2.75) is 39.5 Å². The average molecular weight is 152 g/mol. The summed E-state index contributed by atoms with van der Waals surface area (Å²) in [6.45, 7) is 8.11. The van der Waals surface area contributed by atoms with Crippen LogP contribution in [0, 0.1) is 5.92 Å². The highest BCUT2D eigenvalue weighted by molar-refractivity contribution is 4.94. The third-order valence-corrected chi connectivity index (χ3v) is 1.79. The van der Waals surface area contributed by atoms with Gasteiger partial charge in [0.1, 0.15) is 0 Å². The lowest BCUT2D eigenvalue weighted by molar-refractivity contribution is 0.726. The maximum atomic E-state index is 3.72. The minimum atomic E-state index is 0.539. The molecule has 0 spiro atoms. The number of allylic oxidation sites excluding steroid dienone is 3. The molecule has 0 aliphatic rings. The van der Waals surface area contributed by atoms with Crippen LogP contribution in [-0.2, 0) is 0 Å². The first-order valence-electron chi connectivity index (χ1n) is 4.60. The molecule has 0 aromatic heterocycles. The van der Waals surface area contributed by atoms with E-state index in [1.54, 1.807) is 0 Å². The molecule has 1 atom stereocenters. The maximum Gasteiger partial charge on any atom is -0.00846 e. The molecule has 0 radical (unpaired) electrons. The van der Waals surface area contributed by atoms with Crippen LogP contribution in [0.2, 0.25) is 0 Å². The molecule has 1 unspecified atom stereocenters. The molecule has 0 saturated heterocycles. The summed E-state index contributed by atoms with van der Waals surface area (Å²) < 4.78 is 0. The summed E-state index contributed by atoms with van der Waals surface area (Å²) in [7, 11) is 0. The van der Waals surface area contributed by atoms with E-state index in [-0.39, 0.29) is 0 Å². The Bertz CT molecular complexity index is 111. The summed E-state index contributed by atoms with van der Waals surface area (Å²) in [5.74, 6) is 0.539. The van der Waals surface area contributed by atoms with Gasteiger partial charge in [-0.15, -0.1) is 6.58 Å². The fourth-order valence-electron chi connectivity index (χ4n) is 0.902. The lowest BCUT2D eigenvalue weighted by atomic mass is 10.1. The van der Waals surface area contributed by atoms with Gasteiger partial charge in [-0.25, -0.2) is 0 Å². The first kappa shape index (κ1) is 10.5. The summed E-state index contributed by atoms with van der Waals surface area (Å²) in [5.41, 5.74) is 0. The highest BCUT2D eigenvalue weighted by Crippen LogP contribution is 2.03. The number of hydrogen-bond donors (Lipinski definition) is 0. The molecule has 0 saturated carbocycles. The van der Waals surface area contributed by atoms with Crippen LogP contribution >= 0.6 is 0 Å². The molecule has 0 N–H and O–H groups in total. The molecule has 0 rings (SSSR count). The van der Waals surface area contributed by atoms with Crippen LogP contribution in [0.3, 0.4) is 0 Å². The van der Waals surface area contributed by atoms with Gasteiger partial charge < -0.3 is 0 Å². The topological polar surface area (TPSA) is 0 Å². The van der Waals surface area contributed by atoms with Gasteiger partial charge >= 0.3 is 0 Å². The van der Waals surface area contributed by atoms with Gasteiger partial charge in [-0.3, -0.25) is 0 Å². The number of hydrogen-bond acceptors (Lipinski definition) is 0. The quantitative estimate of drug-likeness (QED) is 0.399. The van der Waals surface area contributed by atoms with Crippen LogP contribution < -0.4 is 0 Å². The van der Waals surface area contributed by atoms with Crippen LogP contribution in [0.1, 0.15) is 39.5 Å². The Morgan fingerprint density at radius 3 is 2.64 bits per heavy atom. The van der Waals surface area contributed by atoms with Crippen LogP contribution in [0.15, 0.2) is 24.8 Å². The molecule has 11 heavy (non-hydrogen) atoms. The first-order valence-corrected chi connectivity index (χ1v) is 4.60. The lowest BCUT2D eigenvalue weighted by Crippen LogP contribution is -1.79. The Morgan fingerprint density at radius 2 is 2.09 bits per heavy atom. The van der Waals surface area contributed by atoms with Crippen LogP contribution in [0.25, 0.3) is 0 Å². The Morgan fingerprint density at radius 1 is 1.36 bits per heavy atom. The molecular formula is C11H20. The normalized spacial score (nSPS) is 13.6. The van der Waals surface area contributed by atoms with Crippen LogP contribution in [0.5, 0.6) is 0 Å². The molecule has 0 bridgehead atoms. The average Bonchev–Trinajstić information content (AvgIpc) is 2.04. The second-order valence-corrected chi connectivity index (χ2v) is 3.02. The second kappa shape index (κ2) is 7.59. The molecule has 0 amide bonds. The Kier molecular flexibility index (Phi) is 7.23. The van der Waals surface area contributed by atoms with Gasteiger partial charge in [0, 0.05) is 0 Å². The summed E-state index contributed by atoms with van der Waals surface area (Å²) >= 11 is 0. The fourth-order valence-corrected chi connectivity index (χ4v) is 0.902. The Labute approximate surface area is 71.0 Å². The zero-order chi connectivity index (χ0) is 8.53. The smallest absolute Gasteiger partial charge is 0.00846 e. The van der Waals surface area contributed by atoms with E-state index in [1.807, 2.05) is 6.08 Å². The first-order chi connectivity index (χ1) is 5.31. The van der Waals surface area contributed by atoms with Gasteiger partial charge in [0.15, 0.2) is 0 Å². The van der Waals surface area contributed by atoms with Crippen LogP contribution in [-0.4, -0.2) is 0 Å². The van der Waals surface area contributed by atoms with E-state index in [9.17, 15) is 0 Å². The molecule has 0 fully saturated rings. The van der Waals surface area contributed by atoms with E-state index in [4.69, 9.17) is 0 Å². The van der Waals surface area contributed by atoms with E-state index < -0.39 is 0 Å². The van der Waals surface area contributed by atoms with Crippen molar-refractivity contribution in [2.24, 2.45) is 5.92 Å². The van der Waals surface area contributed by atoms with E-state index in [1.165, 1.54) is 25.7 Å². The van der Waals surface area contributed by atoms with Gasteiger partial charge in [-0.2, -0.15) is 0 Å². The van der Waals surface area contributed by atoms with Crippen molar-refractivity contribution < 1.29 is 0 Å². The molecule has 64 valence electrons. The Hall–Kier alpha value is -0.520. The SMILES string of the molecule is C=CC(C)/C=C\CCCCC. The summed E-state index contributed by atoms with van der Waals surface area (Å²) in [6.07, 6.45) is 11.7. The highest BCUT2D eigenvalue weighted by Gasteiger charge is 1.86. The van der Waals surface area contributed by atoms with Crippen molar-refractivity contribution in [1.29, 1.82) is 0 Å². The molecule has 0 heterocycles. The molecule has 0 aliphatic carbocycles. The number of rotatable bonds is 6. The van der Waals surface area contributed by atoms with Gasteiger partial charge in [0.05, 0.1) is 0 Å². The van der Waals surface area contributed by atoms with E-state index in [0.717, 1.165) is 0 Å². The molecular weight excluding hydrogens is 132 g/mol. The van der Waals surface area contributed by atoms with Gasteiger partial charge in [0.2, 0.25) is 0 Å². The molecule has 0 heteroatoms. The van der Waals surface area contributed by atoms with Crippen molar-refractivity contribution in [2.75, 3.05) is 0 Å². The molecule has 0 aromatic rings. The minimum absolute atomic E-state index is 0.539. The standard InChI is InChI=1S/C11H20/c1-4-6-7-8-9-10-11(3)5-2/h5,9-11H,2,4,6-8H2,1,3H3/b10-9-. The highest BCUT2D eigenvalue weighted by atomic mass is 13.9. The number of unbranched alkanes of at least 4 members (excludes halogenated alkanes) is 3. The summed E-state index contributed by atoms with van der Waals surface area (Å²) in [5, 5.41) is 0. The van der Waals surface area contributed by atoms with Crippen molar-refractivity contribution in [3.63, 3.8) is 0 Å². The zero-order valence-electron chi connectivity index (χ0n) is 7.84. The fraction of sp³-hybridized carbons (Fsp3) is 0.636. The maximum absolute atomic E-state index is 3.72. The lowest BCUT2D eigenvalue weighted by Gasteiger charge is -1.95. The summed E-state index contributed by atoms with van der Waals surface area (Å²) in [6, 6.07) is 0. The third kappa shape index (κ3) is 7.38. The minimum Gasteiger partial charge on any atom is -0.102 e. The largest absolute Gasteiger partial charge is 0.102 e. The predicted octanol–water partition coefficient (Wildman–Crippen LogP) is 3.95.